The smallest absolute Gasteiger partial charge is 0.119 e. The van der Waals surface area contributed by atoms with Gasteiger partial charge in [0.05, 0.1) is 12.7 Å². The Bertz CT molecular complexity index is 306. The first-order chi connectivity index (χ1) is 8.13. The van der Waals surface area contributed by atoms with Gasteiger partial charge in [-0.2, -0.15) is 0 Å². The third-order valence-electron chi connectivity index (χ3n) is 2.71. The molecule has 0 aliphatic heterocycles. The second-order valence-corrected chi connectivity index (χ2v) is 4.51. The van der Waals surface area contributed by atoms with Gasteiger partial charge in [-0.25, -0.2) is 0 Å². The van der Waals surface area contributed by atoms with Crippen LogP contribution < -0.4 is 4.74 Å². The summed E-state index contributed by atoms with van der Waals surface area (Å²) in [4.78, 5) is 0. The topological polar surface area (TPSA) is 38.7 Å². The van der Waals surface area contributed by atoms with Gasteiger partial charge >= 0.3 is 0 Å². The highest BCUT2D eigenvalue weighted by molar-refractivity contribution is 5.27. The molecule has 1 N–H and O–H groups in total. The molecule has 1 aromatic rings. The highest BCUT2D eigenvalue weighted by Gasteiger charge is 2.09. The molecular formula is C14H22O3. The molecule has 0 heterocycles. The number of ether oxygens (including phenoxy) is 2. The summed E-state index contributed by atoms with van der Waals surface area (Å²) >= 11 is 0. The standard InChI is InChI=1S/C14H22O3/c1-11(2)14(15)10-17-13-6-4-12(5-7-13)8-9-16-3/h4-7,11,14-15H,8-10H2,1-3H3. The monoisotopic (exact) mass is 238 g/mol. The molecule has 1 unspecified atom stereocenters. The van der Waals surface area contributed by atoms with Gasteiger partial charge in [0.25, 0.3) is 0 Å². The van der Waals surface area contributed by atoms with Gasteiger partial charge in [-0.05, 0) is 30.0 Å². The highest BCUT2D eigenvalue weighted by Crippen LogP contribution is 2.14. The van der Waals surface area contributed by atoms with Crippen LogP contribution >= 0.6 is 0 Å². The van der Waals surface area contributed by atoms with Crippen LogP contribution in [0.4, 0.5) is 0 Å². The van der Waals surface area contributed by atoms with Gasteiger partial charge in [0, 0.05) is 7.11 Å². The second kappa shape index (κ2) is 7.30. The zero-order valence-corrected chi connectivity index (χ0v) is 10.8. The molecule has 17 heavy (non-hydrogen) atoms. The second-order valence-electron chi connectivity index (χ2n) is 4.51. The molecule has 0 fully saturated rings. The fraction of sp³-hybridized carbons (Fsp3) is 0.571. The molecule has 1 rings (SSSR count). The molecule has 0 aliphatic rings. The average Bonchev–Trinajstić information content (AvgIpc) is 2.34. The maximum atomic E-state index is 9.62. The Kier molecular flexibility index (Phi) is 6.01. The number of benzene rings is 1. The summed E-state index contributed by atoms with van der Waals surface area (Å²) in [6, 6.07) is 7.91. The minimum atomic E-state index is -0.414. The summed E-state index contributed by atoms with van der Waals surface area (Å²) in [5.41, 5.74) is 1.23. The Morgan fingerprint density at radius 3 is 2.35 bits per heavy atom. The van der Waals surface area contributed by atoms with Crippen LogP contribution in [-0.4, -0.2) is 31.5 Å². The number of methoxy groups -OCH3 is 1. The van der Waals surface area contributed by atoms with Crippen molar-refractivity contribution in [3.8, 4) is 5.75 Å². The molecule has 0 aromatic heterocycles. The predicted molar refractivity (Wildman–Crippen MR) is 68.4 cm³/mol. The van der Waals surface area contributed by atoms with Crippen LogP contribution in [0, 0.1) is 5.92 Å². The number of hydrogen-bond acceptors (Lipinski definition) is 3. The summed E-state index contributed by atoms with van der Waals surface area (Å²) < 4.78 is 10.5. The quantitative estimate of drug-likeness (QED) is 0.792. The van der Waals surface area contributed by atoms with Crippen molar-refractivity contribution in [2.24, 2.45) is 5.92 Å². The molecule has 1 atom stereocenters. The van der Waals surface area contributed by atoms with E-state index in [9.17, 15) is 5.11 Å². The van der Waals surface area contributed by atoms with Crippen molar-refractivity contribution in [3.05, 3.63) is 29.8 Å². The molecule has 0 bridgehead atoms. The van der Waals surface area contributed by atoms with E-state index in [0.717, 1.165) is 18.8 Å². The Hall–Kier alpha value is -1.06. The first-order valence-corrected chi connectivity index (χ1v) is 6.02. The molecule has 3 nitrogen and oxygen atoms in total. The zero-order chi connectivity index (χ0) is 12.7. The molecule has 0 aliphatic carbocycles. The number of hydrogen-bond donors (Lipinski definition) is 1. The fourth-order valence-electron chi connectivity index (χ4n) is 1.35. The number of rotatable bonds is 7. The average molecular weight is 238 g/mol. The first kappa shape index (κ1) is 14.0. The lowest BCUT2D eigenvalue weighted by Gasteiger charge is -2.15. The first-order valence-electron chi connectivity index (χ1n) is 6.02. The van der Waals surface area contributed by atoms with E-state index in [1.54, 1.807) is 7.11 Å². The third-order valence-corrected chi connectivity index (χ3v) is 2.71. The van der Waals surface area contributed by atoms with Crippen molar-refractivity contribution in [2.75, 3.05) is 20.3 Å². The van der Waals surface area contributed by atoms with Gasteiger partial charge < -0.3 is 14.6 Å². The Balaban J connectivity index is 2.40. The van der Waals surface area contributed by atoms with Gasteiger partial charge in [-0.3, -0.25) is 0 Å². The predicted octanol–water partition coefficient (Wildman–Crippen LogP) is 2.27. The lowest BCUT2D eigenvalue weighted by Crippen LogP contribution is -2.23. The summed E-state index contributed by atoms with van der Waals surface area (Å²) in [5.74, 6) is 1.02. The van der Waals surface area contributed by atoms with Gasteiger partial charge in [0.15, 0.2) is 0 Å². The minimum absolute atomic E-state index is 0.218. The highest BCUT2D eigenvalue weighted by atomic mass is 16.5. The largest absolute Gasteiger partial charge is 0.491 e. The van der Waals surface area contributed by atoms with Crippen molar-refractivity contribution in [1.29, 1.82) is 0 Å². The van der Waals surface area contributed by atoms with E-state index in [0.29, 0.717) is 6.61 Å². The molecule has 0 saturated carbocycles. The molecule has 0 radical (unpaired) electrons. The molecule has 1 aromatic carbocycles. The summed E-state index contributed by atoms with van der Waals surface area (Å²) in [7, 11) is 1.70. The molecule has 3 heteroatoms. The van der Waals surface area contributed by atoms with E-state index >= 15 is 0 Å². The Morgan fingerprint density at radius 2 is 1.82 bits per heavy atom. The third kappa shape index (κ3) is 5.20. The molecule has 0 saturated heterocycles. The van der Waals surface area contributed by atoms with Crippen molar-refractivity contribution >= 4 is 0 Å². The normalized spacial score (nSPS) is 12.8. The van der Waals surface area contributed by atoms with E-state index in [1.807, 2.05) is 38.1 Å². The Labute approximate surface area is 103 Å². The van der Waals surface area contributed by atoms with Crippen LogP contribution in [0.5, 0.6) is 5.75 Å². The maximum Gasteiger partial charge on any atom is 0.119 e. The van der Waals surface area contributed by atoms with Gasteiger partial charge in [-0.15, -0.1) is 0 Å². The van der Waals surface area contributed by atoms with Gasteiger partial charge in [0.2, 0.25) is 0 Å². The van der Waals surface area contributed by atoms with Crippen LogP contribution in [0.15, 0.2) is 24.3 Å². The van der Waals surface area contributed by atoms with E-state index in [4.69, 9.17) is 9.47 Å². The molecular weight excluding hydrogens is 216 g/mol. The maximum absolute atomic E-state index is 9.62. The molecule has 0 spiro atoms. The number of aliphatic hydroxyl groups is 1. The summed E-state index contributed by atoms with van der Waals surface area (Å²) in [5, 5.41) is 9.62. The van der Waals surface area contributed by atoms with E-state index in [1.165, 1.54) is 5.56 Å². The van der Waals surface area contributed by atoms with Crippen LogP contribution in [0.25, 0.3) is 0 Å². The van der Waals surface area contributed by atoms with Gasteiger partial charge in [0.1, 0.15) is 12.4 Å². The summed E-state index contributed by atoms with van der Waals surface area (Å²) in [6.45, 7) is 5.02. The zero-order valence-electron chi connectivity index (χ0n) is 10.8. The van der Waals surface area contributed by atoms with Crippen molar-refractivity contribution in [1.82, 2.24) is 0 Å². The Morgan fingerprint density at radius 1 is 1.18 bits per heavy atom. The van der Waals surface area contributed by atoms with Crippen LogP contribution in [-0.2, 0) is 11.2 Å². The van der Waals surface area contributed by atoms with Crippen molar-refractivity contribution in [3.63, 3.8) is 0 Å². The lowest BCUT2D eigenvalue weighted by atomic mass is 10.1. The van der Waals surface area contributed by atoms with E-state index < -0.39 is 6.10 Å². The van der Waals surface area contributed by atoms with Gasteiger partial charge in [-0.1, -0.05) is 26.0 Å². The SMILES string of the molecule is COCCc1ccc(OCC(O)C(C)C)cc1. The van der Waals surface area contributed by atoms with Crippen molar-refractivity contribution < 1.29 is 14.6 Å². The van der Waals surface area contributed by atoms with Crippen LogP contribution in [0.1, 0.15) is 19.4 Å². The fourth-order valence-corrected chi connectivity index (χ4v) is 1.35. The van der Waals surface area contributed by atoms with Crippen LogP contribution in [0.2, 0.25) is 0 Å². The van der Waals surface area contributed by atoms with Crippen molar-refractivity contribution in [2.45, 2.75) is 26.4 Å². The molecule has 0 amide bonds. The minimum Gasteiger partial charge on any atom is -0.491 e. The number of aliphatic hydroxyl groups excluding tert-OH is 1. The summed E-state index contributed by atoms with van der Waals surface area (Å²) in [6.07, 6.45) is 0.494. The molecule has 96 valence electrons. The van der Waals surface area contributed by atoms with E-state index in [2.05, 4.69) is 0 Å². The lowest BCUT2D eigenvalue weighted by molar-refractivity contribution is 0.0701. The van der Waals surface area contributed by atoms with Crippen LogP contribution in [0.3, 0.4) is 0 Å². The van der Waals surface area contributed by atoms with E-state index in [-0.39, 0.29) is 5.92 Å².